The molecule has 0 aromatic carbocycles. The van der Waals surface area contributed by atoms with Gasteiger partial charge >= 0.3 is 6.03 Å². The van der Waals surface area contributed by atoms with Crippen LogP contribution in [-0.2, 0) is 17.9 Å². The van der Waals surface area contributed by atoms with Crippen molar-refractivity contribution in [1.29, 1.82) is 0 Å². The van der Waals surface area contributed by atoms with Gasteiger partial charge in [0.25, 0.3) is 0 Å². The lowest BCUT2D eigenvalue weighted by Gasteiger charge is -2.35. The topological polar surface area (TPSA) is 96.6 Å². The Balaban J connectivity index is 1.45. The van der Waals surface area contributed by atoms with E-state index < -0.39 is 0 Å². The van der Waals surface area contributed by atoms with Crippen LogP contribution in [0.15, 0.2) is 28.9 Å². The molecule has 1 aliphatic heterocycles. The van der Waals surface area contributed by atoms with E-state index in [0.717, 1.165) is 18.9 Å². The standard InChI is InChI=1S/C15H20N6O3/c1-23-11-12-18-14(24-19-12)10-17-15(22)21-8-6-20(7-9-21)13-4-2-3-5-16-13/h2-5H,6-11H2,1H3,(H,17,22). The maximum atomic E-state index is 12.2. The van der Waals surface area contributed by atoms with Crippen molar-refractivity contribution in [3.05, 3.63) is 36.1 Å². The monoisotopic (exact) mass is 332 g/mol. The highest BCUT2D eigenvalue weighted by molar-refractivity contribution is 5.74. The maximum absolute atomic E-state index is 12.2. The molecule has 0 spiro atoms. The predicted molar refractivity (Wildman–Crippen MR) is 85.3 cm³/mol. The summed E-state index contributed by atoms with van der Waals surface area (Å²) in [6.07, 6.45) is 1.77. The number of hydrogen-bond donors (Lipinski definition) is 1. The van der Waals surface area contributed by atoms with Crippen LogP contribution in [0.4, 0.5) is 10.6 Å². The summed E-state index contributed by atoms with van der Waals surface area (Å²) < 4.78 is 9.96. The van der Waals surface area contributed by atoms with E-state index in [1.807, 2.05) is 18.2 Å². The number of anilines is 1. The second kappa shape index (κ2) is 7.73. The van der Waals surface area contributed by atoms with Crippen LogP contribution in [0, 0.1) is 0 Å². The normalized spacial score (nSPS) is 14.7. The Morgan fingerprint density at radius 1 is 1.33 bits per heavy atom. The van der Waals surface area contributed by atoms with E-state index in [-0.39, 0.29) is 19.2 Å². The Labute approximate surface area is 139 Å². The molecule has 2 aromatic heterocycles. The van der Waals surface area contributed by atoms with E-state index in [9.17, 15) is 4.79 Å². The largest absolute Gasteiger partial charge is 0.377 e. The Kier molecular flexibility index (Phi) is 5.22. The van der Waals surface area contributed by atoms with E-state index in [1.165, 1.54) is 0 Å². The first-order valence-electron chi connectivity index (χ1n) is 7.75. The predicted octanol–water partition coefficient (Wildman–Crippen LogP) is 0.643. The third-order valence-electron chi connectivity index (χ3n) is 3.71. The first kappa shape index (κ1) is 16.2. The van der Waals surface area contributed by atoms with E-state index in [0.29, 0.717) is 24.8 Å². The van der Waals surface area contributed by atoms with E-state index in [4.69, 9.17) is 9.26 Å². The highest BCUT2D eigenvalue weighted by Crippen LogP contribution is 2.12. The smallest absolute Gasteiger partial charge is 0.317 e. The molecule has 1 aliphatic rings. The molecule has 9 heteroatoms. The zero-order chi connectivity index (χ0) is 16.8. The third-order valence-corrected chi connectivity index (χ3v) is 3.71. The van der Waals surface area contributed by atoms with Crippen LogP contribution in [0.1, 0.15) is 11.7 Å². The molecular weight excluding hydrogens is 312 g/mol. The van der Waals surface area contributed by atoms with Gasteiger partial charge in [-0.3, -0.25) is 0 Å². The molecule has 0 saturated carbocycles. The molecule has 128 valence electrons. The number of carbonyl (C=O) groups is 1. The average molecular weight is 332 g/mol. The molecule has 24 heavy (non-hydrogen) atoms. The van der Waals surface area contributed by atoms with Gasteiger partial charge in [-0.2, -0.15) is 4.98 Å². The van der Waals surface area contributed by atoms with Crippen LogP contribution < -0.4 is 10.2 Å². The number of rotatable bonds is 5. The van der Waals surface area contributed by atoms with Crippen LogP contribution in [0.25, 0.3) is 0 Å². The van der Waals surface area contributed by atoms with Crippen LogP contribution in [-0.4, -0.2) is 59.3 Å². The second-order valence-electron chi connectivity index (χ2n) is 5.36. The summed E-state index contributed by atoms with van der Waals surface area (Å²) in [4.78, 5) is 24.6. The first-order valence-corrected chi connectivity index (χ1v) is 7.75. The maximum Gasteiger partial charge on any atom is 0.317 e. The zero-order valence-corrected chi connectivity index (χ0v) is 13.5. The SMILES string of the molecule is COCc1noc(CNC(=O)N2CCN(c3ccccn3)CC2)n1. The summed E-state index contributed by atoms with van der Waals surface area (Å²) in [5, 5.41) is 6.54. The van der Waals surface area contributed by atoms with Gasteiger partial charge in [-0.25, -0.2) is 9.78 Å². The van der Waals surface area contributed by atoms with Crippen molar-refractivity contribution < 1.29 is 14.1 Å². The van der Waals surface area contributed by atoms with Crippen molar-refractivity contribution in [2.75, 3.05) is 38.2 Å². The van der Waals surface area contributed by atoms with Gasteiger partial charge in [0.05, 0.1) is 6.54 Å². The van der Waals surface area contributed by atoms with E-state index >= 15 is 0 Å². The quantitative estimate of drug-likeness (QED) is 0.858. The van der Waals surface area contributed by atoms with Crippen molar-refractivity contribution in [2.45, 2.75) is 13.2 Å². The number of nitrogens with zero attached hydrogens (tertiary/aromatic N) is 5. The molecule has 1 saturated heterocycles. The number of hydrogen-bond acceptors (Lipinski definition) is 7. The van der Waals surface area contributed by atoms with Crippen molar-refractivity contribution in [3.8, 4) is 0 Å². The summed E-state index contributed by atoms with van der Waals surface area (Å²) in [7, 11) is 1.56. The molecule has 3 heterocycles. The molecule has 1 fully saturated rings. The van der Waals surface area contributed by atoms with Crippen LogP contribution in [0.3, 0.4) is 0 Å². The summed E-state index contributed by atoms with van der Waals surface area (Å²) >= 11 is 0. The van der Waals surface area contributed by atoms with Crippen molar-refractivity contribution in [2.24, 2.45) is 0 Å². The number of pyridine rings is 1. The van der Waals surface area contributed by atoms with Gasteiger partial charge in [-0.15, -0.1) is 0 Å². The summed E-state index contributed by atoms with van der Waals surface area (Å²) in [6.45, 7) is 3.28. The Hall–Kier alpha value is -2.68. The number of nitrogens with one attached hydrogen (secondary N) is 1. The molecular formula is C15H20N6O3. The molecule has 0 aliphatic carbocycles. The minimum atomic E-state index is -0.137. The highest BCUT2D eigenvalue weighted by Gasteiger charge is 2.22. The number of aromatic nitrogens is 3. The molecule has 9 nitrogen and oxygen atoms in total. The fraction of sp³-hybridized carbons (Fsp3) is 0.467. The highest BCUT2D eigenvalue weighted by atomic mass is 16.5. The number of piperazine rings is 1. The fourth-order valence-corrected chi connectivity index (χ4v) is 2.49. The van der Waals surface area contributed by atoms with Gasteiger partial charge in [0, 0.05) is 39.5 Å². The lowest BCUT2D eigenvalue weighted by atomic mass is 10.3. The Bertz CT molecular complexity index is 654. The van der Waals surface area contributed by atoms with E-state index in [1.54, 1.807) is 18.2 Å². The third kappa shape index (κ3) is 3.99. The molecule has 2 aromatic rings. The van der Waals surface area contributed by atoms with Gasteiger partial charge in [0.1, 0.15) is 12.4 Å². The second-order valence-corrected chi connectivity index (χ2v) is 5.36. The van der Waals surface area contributed by atoms with E-state index in [2.05, 4.69) is 25.3 Å². The fourth-order valence-electron chi connectivity index (χ4n) is 2.49. The molecule has 3 rings (SSSR count). The van der Waals surface area contributed by atoms with Crippen LogP contribution in [0.5, 0.6) is 0 Å². The van der Waals surface area contributed by atoms with Crippen LogP contribution in [0.2, 0.25) is 0 Å². The van der Waals surface area contributed by atoms with Crippen LogP contribution >= 0.6 is 0 Å². The van der Waals surface area contributed by atoms with Gasteiger partial charge in [0.2, 0.25) is 5.89 Å². The molecule has 0 radical (unpaired) electrons. The number of methoxy groups -OCH3 is 1. The summed E-state index contributed by atoms with van der Waals surface area (Å²) in [5.74, 6) is 1.77. The average Bonchev–Trinajstić information content (AvgIpc) is 3.08. The van der Waals surface area contributed by atoms with Gasteiger partial charge < -0.3 is 24.4 Å². The minimum Gasteiger partial charge on any atom is -0.377 e. The Morgan fingerprint density at radius 3 is 2.88 bits per heavy atom. The Morgan fingerprint density at radius 2 is 2.17 bits per heavy atom. The molecule has 2 amide bonds. The zero-order valence-electron chi connectivity index (χ0n) is 13.5. The number of urea groups is 1. The van der Waals surface area contributed by atoms with Gasteiger partial charge in [0.15, 0.2) is 5.82 Å². The number of amides is 2. The van der Waals surface area contributed by atoms with Gasteiger partial charge in [-0.1, -0.05) is 11.2 Å². The molecule has 1 N–H and O–H groups in total. The lowest BCUT2D eigenvalue weighted by molar-refractivity contribution is 0.174. The molecule has 0 bridgehead atoms. The van der Waals surface area contributed by atoms with Gasteiger partial charge in [-0.05, 0) is 12.1 Å². The van der Waals surface area contributed by atoms with Crippen molar-refractivity contribution in [3.63, 3.8) is 0 Å². The summed E-state index contributed by atoms with van der Waals surface area (Å²) in [6, 6.07) is 5.69. The molecule has 0 atom stereocenters. The first-order chi connectivity index (χ1) is 11.8. The summed E-state index contributed by atoms with van der Waals surface area (Å²) in [5.41, 5.74) is 0. The van der Waals surface area contributed by atoms with Crippen molar-refractivity contribution >= 4 is 11.8 Å². The number of carbonyl (C=O) groups excluding carboxylic acids is 1. The minimum absolute atomic E-state index is 0.137. The lowest BCUT2D eigenvalue weighted by Crippen LogP contribution is -2.51. The number of ether oxygens (including phenoxy) is 1. The molecule has 0 unspecified atom stereocenters. The van der Waals surface area contributed by atoms with Crippen molar-refractivity contribution in [1.82, 2.24) is 25.3 Å².